The molecule has 1 fully saturated rings. The summed E-state index contributed by atoms with van der Waals surface area (Å²) < 4.78 is 1.92. The van der Waals surface area contributed by atoms with Crippen LogP contribution < -0.4 is 10.2 Å². The molecule has 1 aromatic carbocycles. The lowest BCUT2D eigenvalue weighted by molar-refractivity contribution is 0.682. The van der Waals surface area contributed by atoms with Crippen molar-refractivity contribution in [3.05, 3.63) is 66.2 Å². The molecule has 0 saturated carbocycles. The van der Waals surface area contributed by atoms with E-state index in [2.05, 4.69) is 43.6 Å². The average Bonchev–Trinajstić information content (AvgIpc) is 3.39. The molecule has 1 aliphatic rings. The van der Waals surface area contributed by atoms with Crippen LogP contribution in [0, 0.1) is 0 Å². The molecule has 2 aromatic heterocycles. The summed E-state index contributed by atoms with van der Waals surface area (Å²) in [6, 6.07) is 10.2. The molecule has 0 unspecified atom stereocenters. The van der Waals surface area contributed by atoms with Crippen LogP contribution in [0.3, 0.4) is 0 Å². The van der Waals surface area contributed by atoms with Gasteiger partial charge in [0.1, 0.15) is 0 Å². The Labute approximate surface area is 153 Å². The number of rotatable bonds is 7. The number of anilines is 1. The molecular formula is C20H24N6. The summed E-state index contributed by atoms with van der Waals surface area (Å²) in [5.41, 5.74) is 3.43. The van der Waals surface area contributed by atoms with Gasteiger partial charge in [-0.2, -0.15) is 5.10 Å². The summed E-state index contributed by atoms with van der Waals surface area (Å²) in [6.07, 6.45) is 11.3. The molecule has 0 spiro atoms. The van der Waals surface area contributed by atoms with Crippen LogP contribution in [0.5, 0.6) is 0 Å². The molecule has 0 radical (unpaired) electrons. The Morgan fingerprint density at radius 3 is 2.46 bits per heavy atom. The van der Waals surface area contributed by atoms with Crippen LogP contribution >= 0.6 is 0 Å². The summed E-state index contributed by atoms with van der Waals surface area (Å²) in [4.78, 5) is 11.2. The molecule has 0 atom stereocenters. The first-order chi connectivity index (χ1) is 12.9. The van der Waals surface area contributed by atoms with Gasteiger partial charge in [0, 0.05) is 43.8 Å². The molecule has 1 aliphatic heterocycles. The molecule has 0 amide bonds. The average molecular weight is 348 g/mol. The van der Waals surface area contributed by atoms with Crippen LogP contribution in [0.1, 0.15) is 24.0 Å². The monoisotopic (exact) mass is 348 g/mol. The van der Waals surface area contributed by atoms with Gasteiger partial charge < -0.3 is 10.2 Å². The Balaban J connectivity index is 1.23. The quantitative estimate of drug-likeness (QED) is 0.665. The van der Waals surface area contributed by atoms with Crippen LogP contribution in [-0.4, -0.2) is 39.4 Å². The zero-order chi connectivity index (χ0) is 17.6. The molecule has 6 nitrogen and oxygen atoms in total. The highest BCUT2D eigenvalue weighted by atomic mass is 15.3. The van der Waals surface area contributed by atoms with Crippen LogP contribution in [0.15, 0.2) is 55.1 Å². The molecule has 3 aromatic rings. The van der Waals surface area contributed by atoms with Gasteiger partial charge in [-0.15, -0.1) is 0 Å². The zero-order valence-electron chi connectivity index (χ0n) is 14.9. The van der Waals surface area contributed by atoms with Crippen molar-refractivity contribution in [1.82, 2.24) is 25.1 Å². The van der Waals surface area contributed by atoms with Gasteiger partial charge in [-0.3, -0.25) is 0 Å². The third kappa shape index (κ3) is 4.08. The van der Waals surface area contributed by atoms with Crippen molar-refractivity contribution in [3.8, 4) is 5.69 Å². The molecule has 3 heterocycles. The SMILES string of the molecule is c1ccc(-n2cc(CCNCc3cnc(N4CCCC4)nc3)cn2)cc1. The lowest BCUT2D eigenvalue weighted by Gasteiger charge is -2.14. The highest BCUT2D eigenvalue weighted by molar-refractivity contribution is 5.31. The number of para-hydroxylation sites is 1. The van der Waals surface area contributed by atoms with E-state index in [0.29, 0.717) is 0 Å². The minimum atomic E-state index is 0.785. The van der Waals surface area contributed by atoms with Gasteiger partial charge >= 0.3 is 0 Å². The van der Waals surface area contributed by atoms with Crippen LogP contribution in [0.25, 0.3) is 5.69 Å². The van der Waals surface area contributed by atoms with Crippen molar-refractivity contribution in [2.45, 2.75) is 25.8 Å². The number of aromatic nitrogens is 4. The number of benzene rings is 1. The van der Waals surface area contributed by atoms with Gasteiger partial charge in [0.05, 0.1) is 11.9 Å². The maximum Gasteiger partial charge on any atom is 0.225 e. The van der Waals surface area contributed by atoms with E-state index in [1.54, 1.807) is 0 Å². The van der Waals surface area contributed by atoms with E-state index in [0.717, 1.165) is 49.8 Å². The number of hydrogen-bond donors (Lipinski definition) is 1. The van der Waals surface area contributed by atoms with Gasteiger partial charge in [0.2, 0.25) is 5.95 Å². The van der Waals surface area contributed by atoms with Crippen molar-refractivity contribution in [1.29, 1.82) is 0 Å². The fourth-order valence-electron chi connectivity index (χ4n) is 3.20. The molecule has 4 rings (SSSR count). The Morgan fingerprint density at radius 2 is 1.69 bits per heavy atom. The molecule has 26 heavy (non-hydrogen) atoms. The van der Waals surface area contributed by atoms with E-state index >= 15 is 0 Å². The second-order valence-corrected chi connectivity index (χ2v) is 6.64. The predicted molar refractivity (Wildman–Crippen MR) is 102 cm³/mol. The first kappa shape index (κ1) is 16.7. The standard InChI is InChI=1S/C20H24N6/c1-2-6-19(7-3-1)26-16-17(15-24-26)8-9-21-12-18-13-22-20(23-14-18)25-10-4-5-11-25/h1-3,6-7,13-16,21H,4-5,8-12H2. The molecule has 0 bridgehead atoms. The number of hydrogen-bond acceptors (Lipinski definition) is 5. The van der Waals surface area contributed by atoms with Gasteiger partial charge in [-0.1, -0.05) is 18.2 Å². The van der Waals surface area contributed by atoms with E-state index in [1.165, 1.54) is 18.4 Å². The van der Waals surface area contributed by atoms with Gasteiger partial charge in [0.25, 0.3) is 0 Å². The van der Waals surface area contributed by atoms with E-state index < -0.39 is 0 Å². The zero-order valence-corrected chi connectivity index (χ0v) is 14.9. The maximum absolute atomic E-state index is 4.50. The smallest absolute Gasteiger partial charge is 0.225 e. The van der Waals surface area contributed by atoms with Crippen molar-refractivity contribution in [3.63, 3.8) is 0 Å². The van der Waals surface area contributed by atoms with Crippen LogP contribution in [-0.2, 0) is 13.0 Å². The minimum absolute atomic E-state index is 0.785. The van der Waals surface area contributed by atoms with E-state index in [9.17, 15) is 0 Å². The predicted octanol–water partition coefficient (Wildman–Crippen LogP) is 2.59. The van der Waals surface area contributed by atoms with Gasteiger partial charge in [-0.05, 0) is 43.5 Å². The number of nitrogens with zero attached hydrogens (tertiary/aromatic N) is 5. The summed E-state index contributed by atoms with van der Waals surface area (Å²) in [7, 11) is 0. The summed E-state index contributed by atoms with van der Waals surface area (Å²) >= 11 is 0. The number of nitrogens with one attached hydrogen (secondary N) is 1. The van der Waals surface area contributed by atoms with Crippen LogP contribution in [0.2, 0.25) is 0 Å². The molecular weight excluding hydrogens is 324 g/mol. The fourth-order valence-corrected chi connectivity index (χ4v) is 3.20. The molecule has 0 aliphatic carbocycles. The topological polar surface area (TPSA) is 58.9 Å². The molecule has 1 saturated heterocycles. The third-order valence-corrected chi connectivity index (χ3v) is 4.66. The minimum Gasteiger partial charge on any atom is -0.341 e. The van der Waals surface area contributed by atoms with Crippen LogP contribution in [0.4, 0.5) is 5.95 Å². The van der Waals surface area contributed by atoms with Crippen molar-refractivity contribution in [2.75, 3.05) is 24.5 Å². The van der Waals surface area contributed by atoms with Crippen molar-refractivity contribution < 1.29 is 0 Å². The Hall–Kier alpha value is -2.73. The Kier molecular flexibility index (Phi) is 5.21. The second-order valence-electron chi connectivity index (χ2n) is 6.64. The second kappa shape index (κ2) is 8.10. The third-order valence-electron chi connectivity index (χ3n) is 4.66. The van der Waals surface area contributed by atoms with Gasteiger partial charge in [0.15, 0.2) is 0 Å². The van der Waals surface area contributed by atoms with E-state index in [-0.39, 0.29) is 0 Å². The summed E-state index contributed by atoms with van der Waals surface area (Å²) in [5, 5.41) is 7.89. The first-order valence-electron chi connectivity index (χ1n) is 9.24. The molecule has 1 N–H and O–H groups in total. The lowest BCUT2D eigenvalue weighted by atomic mass is 10.2. The van der Waals surface area contributed by atoms with E-state index in [4.69, 9.17) is 0 Å². The fraction of sp³-hybridized carbons (Fsp3) is 0.350. The van der Waals surface area contributed by atoms with Crippen molar-refractivity contribution >= 4 is 5.95 Å². The largest absolute Gasteiger partial charge is 0.341 e. The Morgan fingerprint density at radius 1 is 0.923 bits per heavy atom. The lowest BCUT2D eigenvalue weighted by Crippen LogP contribution is -2.21. The highest BCUT2D eigenvalue weighted by Crippen LogP contribution is 2.14. The van der Waals surface area contributed by atoms with Crippen molar-refractivity contribution in [2.24, 2.45) is 0 Å². The first-order valence-corrected chi connectivity index (χ1v) is 9.24. The van der Waals surface area contributed by atoms with E-state index in [1.807, 2.05) is 41.5 Å². The molecule has 6 heteroatoms. The Bertz CT molecular complexity index is 806. The summed E-state index contributed by atoms with van der Waals surface area (Å²) in [5.74, 6) is 0.861. The maximum atomic E-state index is 4.50. The van der Waals surface area contributed by atoms with Gasteiger partial charge in [-0.25, -0.2) is 14.6 Å². The highest BCUT2D eigenvalue weighted by Gasteiger charge is 2.14. The molecule has 134 valence electrons. The normalized spacial score (nSPS) is 14.1. The summed E-state index contributed by atoms with van der Waals surface area (Å²) in [6.45, 7) is 3.84.